The molecule has 15 heavy (non-hydrogen) atoms. The zero-order valence-corrected chi connectivity index (χ0v) is 9.54. The molecule has 1 N–H and O–H groups in total. The van der Waals surface area contributed by atoms with E-state index < -0.39 is 0 Å². The quantitative estimate of drug-likeness (QED) is 0.682. The third-order valence-electron chi connectivity index (χ3n) is 2.47. The summed E-state index contributed by atoms with van der Waals surface area (Å²) in [7, 11) is 0. The lowest BCUT2D eigenvalue weighted by atomic mass is 10.1. The van der Waals surface area contributed by atoms with Crippen LogP contribution in [-0.2, 0) is 9.59 Å². The van der Waals surface area contributed by atoms with E-state index in [1.165, 1.54) is 6.08 Å². The van der Waals surface area contributed by atoms with Gasteiger partial charge in [-0.3, -0.25) is 9.59 Å². The predicted octanol–water partition coefficient (Wildman–Crippen LogP) is 0.688. The lowest BCUT2D eigenvalue weighted by Crippen LogP contribution is -2.44. The molecule has 1 rings (SSSR count). The normalized spacial score (nSPS) is 21.7. The second kappa shape index (κ2) is 4.04. The second-order valence-corrected chi connectivity index (χ2v) is 4.79. The first-order valence-corrected chi connectivity index (χ1v) is 5.08. The molecule has 0 spiro atoms. The Hall–Kier alpha value is -1.32. The molecule has 1 unspecified atom stereocenters. The summed E-state index contributed by atoms with van der Waals surface area (Å²) >= 11 is 0. The number of nitrogens with one attached hydrogen (secondary N) is 1. The summed E-state index contributed by atoms with van der Waals surface area (Å²) in [6.45, 7) is 9.93. The molecule has 0 saturated carbocycles. The summed E-state index contributed by atoms with van der Waals surface area (Å²) in [5, 5.41) is 2.74. The van der Waals surface area contributed by atoms with Crippen LogP contribution >= 0.6 is 0 Å². The Bertz CT molecular complexity index is 291. The first-order valence-electron chi connectivity index (χ1n) is 5.08. The molecule has 4 heteroatoms. The number of hydrogen-bond donors (Lipinski definition) is 1. The van der Waals surface area contributed by atoms with Crippen molar-refractivity contribution in [3.05, 3.63) is 12.7 Å². The highest BCUT2D eigenvalue weighted by Gasteiger charge is 2.36. The van der Waals surface area contributed by atoms with E-state index in [1.54, 1.807) is 4.90 Å². The first-order chi connectivity index (χ1) is 6.84. The molecular weight excluding hydrogens is 192 g/mol. The smallest absolute Gasteiger partial charge is 0.243 e. The van der Waals surface area contributed by atoms with Crippen LogP contribution in [0, 0.1) is 0 Å². The molecule has 4 nitrogen and oxygen atoms in total. The summed E-state index contributed by atoms with van der Waals surface area (Å²) in [5.41, 5.74) is -0.176. The fourth-order valence-corrected chi connectivity index (χ4v) is 1.71. The molecule has 0 radical (unpaired) electrons. The minimum absolute atomic E-state index is 0.0813. The molecule has 0 aromatic rings. The van der Waals surface area contributed by atoms with Crippen molar-refractivity contribution in [2.45, 2.75) is 38.8 Å². The van der Waals surface area contributed by atoms with Crippen molar-refractivity contribution in [1.82, 2.24) is 10.2 Å². The standard InChI is InChI=1S/C11H18N2O2/c1-5-9(14)12-8-6-10(15)13(7-8)11(2,3)4/h5,8H,1,6-7H2,2-4H3,(H,12,14). The van der Waals surface area contributed by atoms with E-state index in [0.717, 1.165) is 0 Å². The number of carbonyl (C=O) groups excluding carboxylic acids is 2. The van der Waals surface area contributed by atoms with Gasteiger partial charge in [-0.25, -0.2) is 0 Å². The maximum atomic E-state index is 11.6. The monoisotopic (exact) mass is 210 g/mol. The molecule has 1 saturated heterocycles. The van der Waals surface area contributed by atoms with Gasteiger partial charge >= 0.3 is 0 Å². The van der Waals surface area contributed by atoms with Crippen LogP contribution in [0.1, 0.15) is 27.2 Å². The lowest BCUT2D eigenvalue weighted by Gasteiger charge is -2.32. The zero-order valence-electron chi connectivity index (χ0n) is 9.54. The van der Waals surface area contributed by atoms with Gasteiger partial charge in [-0.05, 0) is 26.8 Å². The van der Waals surface area contributed by atoms with Crippen LogP contribution in [0.4, 0.5) is 0 Å². The zero-order chi connectivity index (χ0) is 11.6. The third-order valence-corrected chi connectivity index (χ3v) is 2.47. The van der Waals surface area contributed by atoms with Gasteiger partial charge in [0.05, 0.1) is 6.04 Å². The fourth-order valence-electron chi connectivity index (χ4n) is 1.71. The third kappa shape index (κ3) is 2.81. The van der Waals surface area contributed by atoms with E-state index >= 15 is 0 Å². The Morgan fingerprint density at radius 3 is 2.60 bits per heavy atom. The Labute approximate surface area is 90.3 Å². The van der Waals surface area contributed by atoms with Gasteiger partial charge < -0.3 is 10.2 Å². The van der Waals surface area contributed by atoms with E-state index in [1.807, 2.05) is 20.8 Å². The van der Waals surface area contributed by atoms with Crippen LogP contribution in [0.5, 0.6) is 0 Å². The Morgan fingerprint density at radius 2 is 2.20 bits per heavy atom. The van der Waals surface area contributed by atoms with Crippen molar-refractivity contribution in [3.63, 3.8) is 0 Å². The molecule has 1 fully saturated rings. The van der Waals surface area contributed by atoms with E-state index in [-0.39, 0.29) is 23.4 Å². The van der Waals surface area contributed by atoms with Gasteiger partial charge in [0.1, 0.15) is 0 Å². The first kappa shape index (κ1) is 11.8. The molecule has 84 valence electrons. The minimum atomic E-state index is -0.219. The van der Waals surface area contributed by atoms with E-state index in [4.69, 9.17) is 0 Å². The van der Waals surface area contributed by atoms with Crippen molar-refractivity contribution in [1.29, 1.82) is 0 Å². The summed E-state index contributed by atoms with van der Waals surface area (Å²) in [6.07, 6.45) is 1.61. The van der Waals surface area contributed by atoms with Crippen molar-refractivity contribution in [3.8, 4) is 0 Å². The van der Waals surface area contributed by atoms with Crippen molar-refractivity contribution in [2.75, 3.05) is 6.54 Å². The molecule has 1 aliphatic rings. The van der Waals surface area contributed by atoms with Gasteiger partial charge in [-0.1, -0.05) is 6.58 Å². The average Bonchev–Trinajstić information content (AvgIpc) is 2.45. The number of amides is 2. The van der Waals surface area contributed by atoms with Gasteiger partial charge in [0.15, 0.2) is 0 Å². The molecule has 1 aliphatic heterocycles. The summed E-state index contributed by atoms with van der Waals surface area (Å²) in [5.74, 6) is -0.125. The van der Waals surface area contributed by atoms with Crippen LogP contribution in [-0.4, -0.2) is 34.8 Å². The maximum Gasteiger partial charge on any atom is 0.243 e. The van der Waals surface area contributed by atoms with E-state index in [2.05, 4.69) is 11.9 Å². The Kier molecular flexibility index (Phi) is 3.17. The molecule has 1 heterocycles. The van der Waals surface area contributed by atoms with Crippen molar-refractivity contribution >= 4 is 11.8 Å². The maximum absolute atomic E-state index is 11.6. The number of hydrogen-bond acceptors (Lipinski definition) is 2. The molecule has 2 amide bonds. The van der Waals surface area contributed by atoms with Crippen LogP contribution < -0.4 is 5.32 Å². The van der Waals surface area contributed by atoms with Crippen LogP contribution in [0.2, 0.25) is 0 Å². The van der Waals surface area contributed by atoms with Crippen LogP contribution in [0.25, 0.3) is 0 Å². The highest BCUT2D eigenvalue weighted by Crippen LogP contribution is 2.21. The molecule has 1 atom stereocenters. The SMILES string of the molecule is C=CC(=O)NC1CC(=O)N(C(C)(C)C)C1. The molecule has 0 aromatic carbocycles. The van der Waals surface area contributed by atoms with E-state index in [9.17, 15) is 9.59 Å². The van der Waals surface area contributed by atoms with Crippen molar-refractivity contribution in [2.24, 2.45) is 0 Å². The molecule has 0 bridgehead atoms. The topological polar surface area (TPSA) is 49.4 Å². The molecular formula is C11H18N2O2. The minimum Gasteiger partial charge on any atom is -0.348 e. The summed E-state index contributed by atoms with van der Waals surface area (Å²) < 4.78 is 0. The Morgan fingerprint density at radius 1 is 1.60 bits per heavy atom. The van der Waals surface area contributed by atoms with Crippen LogP contribution in [0.3, 0.4) is 0 Å². The lowest BCUT2D eigenvalue weighted by molar-refractivity contribution is -0.131. The van der Waals surface area contributed by atoms with Gasteiger partial charge in [0.25, 0.3) is 0 Å². The number of rotatable bonds is 2. The fraction of sp³-hybridized carbons (Fsp3) is 0.636. The highest BCUT2D eigenvalue weighted by atomic mass is 16.2. The highest BCUT2D eigenvalue weighted by molar-refractivity contribution is 5.88. The average molecular weight is 210 g/mol. The summed E-state index contributed by atoms with van der Waals surface area (Å²) in [4.78, 5) is 24.5. The molecule has 0 aliphatic carbocycles. The van der Waals surface area contributed by atoms with Gasteiger partial charge in [0.2, 0.25) is 11.8 Å². The molecule has 0 aromatic heterocycles. The number of carbonyl (C=O) groups is 2. The predicted molar refractivity (Wildman–Crippen MR) is 58.2 cm³/mol. The number of nitrogens with zero attached hydrogens (tertiary/aromatic N) is 1. The van der Waals surface area contributed by atoms with Crippen LogP contribution in [0.15, 0.2) is 12.7 Å². The van der Waals surface area contributed by atoms with Gasteiger partial charge in [-0.15, -0.1) is 0 Å². The van der Waals surface area contributed by atoms with Gasteiger partial charge in [0, 0.05) is 18.5 Å². The van der Waals surface area contributed by atoms with E-state index in [0.29, 0.717) is 13.0 Å². The van der Waals surface area contributed by atoms with Crippen molar-refractivity contribution < 1.29 is 9.59 Å². The second-order valence-electron chi connectivity index (χ2n) is 4.79. The van der Waals surface area contributed by atoms with Gasteiger partial charge in [-0.2, -0.15) is 0 Å². The Balaban J connectivity index is 2.60. The summed E-state index contributed by atoms with van der Waals surface area (Å²) in [6, 6.07) is -0.0813. The number of likely N-dealkylation sites (tertiary alicyclic amines) is 1. The largest absolute Gasteiger partial charge is 0.348 e.